The van der Waals surface area contributed by atoms with Gasteiger partial charge in [-0.25, -0.2) is 0 Å². The zero-order valence-electron chi connectivity index (χ0n) is 11.4. The number of methoxy groups -OCH3 is 1. The molecule has 1 rings (SSSR count). The summed E-state index contributed by atoms with van der Waals surface area (Å²) in [5.74, 6) is 0. The normalized spacial score (nSPS) is 10.2. The summed E-state index contributed by atoms with van der Waals surface area (Å²) in [5.41, 5.74) is 1.59. The standard InChI is InChI=1S/C13H21N3O3/c1-14-11-8-12(10-13(9-11)16(17)18)15-6-4-3-5-7-19-2/h8-10,14-15H,3-7H2,1-2H3. The molecule has 0 amide bonds. The van der Waals surface area contributed by atoms with E-state index >= 15 is 0 Å². The minimum Gasteiger partial charge on any atom is -0.388 e. The van der Waals surface area contributed by atoms with E-state index in [0.717, 1.165) is 43.8 Å². The molecule has 0 aliphatic heterocycles. The van der Waals surface area contributed by atoms with Gasteiger partial charge >= 0.3 is 0 Å². The van der Waals surface area contributed by atoms with Crippen molar-refractivity contribution in [1.82, 2.24) is 0 Å². The van der Waals surface area contributed by atoms with Crippen molar-refractivity contribution in [2.75, 3.05) is 37.9 Å². The van der Waals surface area contributed by atoms with Crippen molar-refractivity contribution in [2.24, 2.45) is 0 Å². The number of non-ortho nitro benzene ring substituents is 1. The number of ether oxygens (including phenoxy) is 1. The molecule has 0 unspecified atom stereocenters. The summed E-state index contributed by atoms with van der Waals surface area (Å²) in [6.45, 7) is 1.58. The Hall–Kier alpha value is -1.82. The molecule has 0 atom stereocenters. The first kappa shape index (κ1) is 15.2. The van der Waals surface area contributed by atoms with Crippen LogP contribution < -0.4 is 10.6 Å². The topological polar surface area (TPSA) is 76.4 Å². The van der Waals surface area contributed by atoms with Gasteiger partial charge in [-0.2, -0.15) is 0 Å². The minimum absolute atomic E-state index is 0.0914. The molecule has 6 heteroatoms. The van der Waals surface area contributed by atoms with E-state index in [1.165, 1.54) is 6.07 Å². The molecule has 0 spiro atoms. The van der Waals surface area contributed by atoms with Crippen LogP contribution in [-0.2, 0) is 4.74 Å². The number of anilines is 2. The van der Waals surface area contributed by atoms with Crippen molar-refractivity contribution >= 4 is 17.1 Å². The van der Waals surface area contributed by atoms with Gasteiger partial charge in [0.25, 0.3) is 5.69 Å². The minimum atomic E-state index is -0.384. The summed E-state index contributed by atoms with van der Waals surface area (Å²) in [5, 5.41) is 16.9. The Morgan fingerprint density at radius 1 is 1.21 bits per heavy atom. The molecule has 19 heavy (non-hydrogen) atoms. The SMILES string of the molecule is CNc1cc(NCCCCCOC)cc([N+](=O)[O-])c1. The fourth-order valence-electron chi connectivity index (χ4n) is 1.74. The van der Waals surface area contributed by atoms with Gasteiger partial charge in [0.05, 0.1) is 4.92 Å². The second kappa shape index (κ2) is 8.31. The van der Waals surface area contributed by atoms with Crippen molar-refractivity contribution in [2.45, 2.75) is 19.3 Å². The van der Waals surface area contributed by atoms with Crippen molar-refractivity contribution in [1.29, 1.82) is 0 Å². The Labute approximate surface area is 113 Å². The summed E-state index contributed by atoms with van der Waals surface area (Å²) < 4.78 is 4.98. The van der Waals surface area contributed by atoms with Gasteiger partial charge in [0, 0.05) is 50.8 Å². The van der Waals surface area contributed by atoms with Gasteiger partial charge in [0.1, 0.15) is 0 Å². The largest absolute Gasteiger partial charge is 0.388 e. The van der Waals surface area contributed by atoms with Crippen molar-refractivity contribution in [3.05, 3.63) is 28.3 Å². The molecule has 1 aromatic carbocycles. The maximum Gasteiger partial charge on any atom is 0.273 e. The Morgan fingerprint density at radius 3 is 2.58 bits per heavy atom. The van der Waals surface area contributed by atoms with E-state index in [2.05, 4.69) is 10.6 Å². The highest BCUT2D eigenvalue weighted by atomic mass is 16.6. The first-order valence-electron chi connectivity index (χ1n) is 6.37. The molecule has 106 valence electrons. The van der Waals surface area contributed by atoms with Crippen molar-refractivity contribution in [3.8, 4) is 0 Å². The lowest BCUT2D eigenvalue weighted by Crippen LogP contribution is -2.03. The van der Waals surface area contributed by atoms with E-state index in [1.54, 1.807) is 20.2 Å². The third-order valence-corrected chi connectivity index (χ3v) is 2.77. The van der Waals surface area contributed by atoms with Crippen LogP contribution in [-0.4, -0.2) is 32.2 Å². The van der Waals surface area contributed by atoms with Crippen LogP contribution in [0.2, 0.25) is 0 Å². The molecule has 0 radical (unpaired) electrons. The van der Waals surface area contributed by atoms with Crippen LogP contribution in [0, 0.1) is 10.1 Å². The number of rotatable bonds is 9. The molecule has 0 aromatic heterocycles. The number of nitrogens with zero attached hydrogens (tertiary/aromatic N) is 1. The van der Waals surface area contributed by atoms with E-state index in [-0.39, 0.29) is 10.6 Å². The summed E-state index contributed by atoms with van der Waals surface area (Å²) in [6, 6.07) is 4.93. The van der Waals surface area contributed by atoms with E-state index in [9.17, 15) is 10.1 Å². The van der Waals surface area contributed by atoms with E-state index in [1.807, 2.05) is 6.07 Å². The van der Waals surface area contributed by atoms with Gasteiger partial charge in [0.15, 0.2) is 0 Å². The van der Waals surface area contributed by atoms with Crippen LogP contribution in [0.5, 0.6) is 0 Å². The predicted octanol–water partition coefficient (Wildman–Crippen LogP) is 2.87. The summed E-state index contributed by atoms with van der Waals surface area (Å²) in [4.78, 5) is 10.4. The number of hydrogen-bond acceptors (Lipinski definition) is 5. The van der Waals surface area contributed by atoms with Gasteiger partial charge in [-0.15, -0.1) is 0 Å². The van der Waals surface area contributed by atoms with Crippen LogP contribution in [0.15, 0.2) is 18.2 Å². The zero-order chi connectivity index (χ0) is 14.1. The van der Waals surface area contributed by atoms with Crippen LogP contribution in [0.1, 0.15) is 19.3 Å². The lowest BCUT2D eigenvalue weighted by Gasteiger charge is -2.08. The molecule has 0 saturated heterocycles. The van der Waals surface area contributed by atoms with Crippen LogP contribution in [0.4, 0.5) is 17.1 Å². The Balaban J connectivity index is 2.48. The van der Waals surface area contributed by atoms with Crippen molar-refractivity contribution in [3.63, 3.8) is 0 Å². The zero-order valence-corrected chi connectivity index (χ0v) is 11.4. The summed E-state index contributed by atoms with van der Waals surface area (Å²) in [6.07, 6.45) is 3.13. The predicted molar refractivity (Wildman–Crippen MR) is 76.9 cm³/mol. The number of nitrogens with one attached hydrogen (secondary N) is 2. The quantitative estimate of drug-likeness (QED) is 0.409. The molecule has 1 aromatic rings. The van der Waals surface area contributed by atoms with E-state index < -0.39 is 0 Å². The fraction of sp³-hybridized carbons (Fsp3) is 0.538. The first-order valence-corrected chi connectivity index (χ1v) is 6.37. The van der Waals surface area contributed by atoms with Crippen LogP contribution in [0.25, 0.3) is 0 Å². The number of nitro benzene ring substituents is 1. The average Bonchev–Trinajstić information content (AvgIpc) is 2.42. The number of unbranched alkanes of at least 4 members (excludes halogenated alkanes) is 2. The van der Waals surface area contributed by atoms with E-state index in [4.69, 9.17) is 4.74 Å². The molecule has 0 heterocycles. The van der Waals surface area contributed by atoms with Gasteiger partial charge in [-0.3, -0.25) is 10.1 Å². The highest BCUT2D eigenvalue weighted by molar-refractivity contribution is 5.63. The van der Waals surface area contributed by atoms with Gasteiger partial charge < -0.3 is 15.4 Å². The Morgan fingerprint density at radius 2 is 1.95 bits per heavy atom. The Kier molecular flexibility index (Phi) is 6.67. The molecule has 0 bridgehead atoms. The Bertz CT molecular complexity index is 410. The first-order chi connectivity index (χ1) is 9.17. The number of hydrogen-bond donors (Lipinski definition) is 2. The highest BCUT2D eigenvalue weighted by Crippen LogP contribution is 2.24. The lowest BCUT2D eigenvalue weighted by molar-refractivity contribution is -0.384. The molecule has 0 saturated carbocycles. The number of benzene rings is 1. The van der Waals surface area contributed by atoms with Gasteiger partial charge in [0.2, 0.25) is 0 Å². The number of nitro groups is 1. The monoisotopic (exact) mass is 267 g/mol. The summed E-state index contributed by atoms with van der Waals surface area (Å²) >= 11 is 0. The molecule has 2 N–H and O–H groups in total. The van der Waals surface area contributed by atoms with Crippen molar-refractivity contribution < 1.29 is 9.66 Å². The smallest absolute Gasteiger partial charge is 0.273 e. The average molecular weight is 267 g/mol. The third-order valence-electron chi connectivity index (χ3n) is 2.77. The second-order valence-corrected chi connectivity index (χ2v) is 4.26. The van der Waals surface area contributed by atoms with E-state index in [0.29, 0.717) is 0 Å². The lowest BCUT2D eigenvalue weighted by atomic mass is 10.2. The summed E-state index contributed by atoms with van der Waals surface area (Å²) in [7, 11) is 3.44. The second-order valence-electron chi connectivity index (χ2n) is 4.26. The third kappa shape index (κ3) is 5.56. The van der Waals surface area contributed by atoms with Crippen LogP contribution >= 0.6 is 0 Å². The maximum atomic E-state index is 10.8. The molecular formula is C13H21N3O3. The molecule has 6 nitrogen and oxygen atoms in total. The highest BCUT2D eigenvalue weighted by Gasteiger charge is 2.08. The molecular weight excluding hydrogens is 246 g/mol. The molecule has 0 aliphatic rings. The maximum absolute atomic E-state index is 10.8. The van der Waals surface area contributed by atoms with Gasteiger partial charge in [-0.1, -0.05) is 0 Å². The van der Waals surface area contributed by atoms with Gasteiger partial charge in [-0.05, 0) is 25.3 Å². The molecule has 0 fully saturated rings. The molecule has 0 aliphatic carbocycles. The fourth-order valence-corrected chi connectivity index (χ4v) is 1.74. The van der Waals surface area contributed by atoms with Crippen LogP contribution in [0.3, 0.4) is 0 Å².